The Balaban J connectivity index is 2.79. The second-order valence-electron chi connectivity index (χ2n) is 3.55. The molecule has 2 N–H and O–H groups in total. The molecule has 0 heterocycles. The summed E-state index contributed by atoms with van der Waals surface area (Å²) < 4.78 is 60.8. The topological polar surface area (TPSA) is 90.2 Å². The van der Waals surface area contributed by atoms with Crippen molar-refractivity contribution in [3.05, 3.63) is 29.8 Å². The first-order valence-electron chi connectivity index (χ1n) is 4.91. The van der Waals surface area contributed by atoms with Crippen LogP contribution >= 0.6 is 0 Å². The van der Waals surface area contributed by atoms with Gasteiger partial charge >= 0.3 is 6.18 Å². The van der Waals surface area contributed by atoms with Crippen molar-refractivity contribution in [2.24, 2.45) is 0 Å². The Kier molecular flexibility index (Phi) is 4.52. The van der Waals surface area contributed by atoms with Crippen LogP contribution in [-0.2, 0) is 10.0 Å². The maximum absolute atomic E-state index is 12.0. The summed E-state index contributed by atoms with van der Waals surface area (Å²) in [5.41, 5.74) is 0.217. The molecule has 0 saturated carbocycles. The summed E-state index contributed by atoms with van der Waals surface area (Å²) in [5, 5.41) is 17.2. The van der Waals surface area contributed by atoms with E-state index in [9.17, 15) is 21.6 Å². The summed E-state index contributed by atoms with van der Waals surface area (Å²) in [6, 6.07) is 6.37. The SMILES string of the molecule is N#Cc1ccc(S(=O)(=O)NCC(O)C(F)(F)F)cc1. The summed E-state index contributed by atoms with van der Waals surface area (Å²) in [6.45, 7) is -1.17. The van der Waals surface area contributed by atoms with Gasteiger partial charge in [-0.25, -0.2) is 13.1 Å². The molecule has 19 heavy (non-hydrogen) atoms. The van der Waals surface area contributed by atoms with Crippen LogP contribution in [0.4, 0.5) is 13.2 Å². The van der Waals surface area contributed by atoms with Gasteiger partial charge < -0.3 is 5.11 Å². The van der Waals surface area contributed by atoms with Gasteiger partial charge in [0.15, 0.2) is 6.10 Å². The van der Waals surface area contributed by atoms with Crippen molar-refractivity contribution in [3.8, 4) is 6.07 Å². The van der Waals surface area contributed by atoms with Crippen LogP contribution < -0.4 is 4.72 Å². The van der Waals surface area contributed by atoms with Gasteiger partial charge in [-0.2, -0.15) is 18.4 Å². The van der Waals surface area contributed by atoms with Gasteiger partial charge in [0, 0.05) is 6.54 Å². The molecule has 104 valence electrons. The second-order valence-corrected chi connectivity index (χ2v) is 5.31. The number of aliphatic hydroxyl groups is 1. The van der Waals surface area contributed by atoms with E-state index in [0.717, 1.165) is 12.1 Å². The van der Waals surface area contributed by atoms with Gasteiger partial charge in [-0.3, -0.25) is 0 Å². The molecule has 1 aromatic carbocycles. The number of halogens is 3. The Morgan fingerprint density at radius 2 is 1.84 bits per heavy atom. The number of nitriles is 1. The zero-order chi connectivity index (χ0) is 14.7. The van der Waals surface area contributed by atoms with E-state index in [1.165, 1.54) is 12.1 Å². The molecule has 0 aliphatic rings. The minimum atomic E-state index is -4.90. The quantitative estimate of drug-likeness (QED) is 0.858. The van der Waals surface area contributed by atoms with Crippen LogP contribution in [0.1, 0.15) is 5.56 Å². The van der Waals surface area contributed by atoms with Gasteiger partial charge in [0.25, 0.3) is 0 Å². The molecule has 1 aromatic rings. The third kappa shape index (κ3) is 4.20. The van der Waals surface area contributed by atoms with E-state index in [1.807, 2.05) is 0 Å². The van der Waals surface area contributed by atoms with E-state index < -0.39 is 28.8 Å². The largest absolute Gasteiger partial charge is 0.415 e. The fourth-order valence-electron chi connectivity index (χ4n) is 1.10. The van der Waals surface area contributed by atoms with Crippen LogP contribution in [0, 0.1) is 11.3 Å². The smallest absolute Gasteiger partial charge is 0.382 e. The number of alkyl halides is 3. The Hall–Kier alpha value is -1.63. The monoisotopic (exact) mass is 294 g/mol. The maximum atomic E-state index is 12.0. The summed E-state index contributed by atoms with van der Waals surface area (Å²) in [5.74, 6) is 0. The Bertz CT molecular complexity index is 576. The van der Waals surface area contributed by atoms with Gasteiger partial charge in [-0.15, -0.1) is 0 Å². The van der Waals surface area contributed by atoms with Gasteiger partial charge in [0.2, 0.25) is 10.0 Å². The standard InChI is InChI=1S/C10H9F3N2O3S/c11-10(12,13)9(16)6-15-19(17,18)8-3-1-7(5-14)2-4-8/h1-4,9,15-16H,6H2. The van der Waals surface area contributed by atoms with Crippen molar-refractivity contribution in [3.63, 3.8) is 0 Å². The molecule has 0 amide bonds. The lowest BCUT2D eigenvalue weighted by atomic mass is 10.2. The van der Waals surface area contributed by atoms with Crippen LogP contribution in [0.3, 0.4) is 0 Å². The summed E-state index contributed by atoms with van der Waals surface area (Å²) in [4.78, 5) is -0.291. The van der Waals surface area contributed by atoms with E-state index in [0.29, 0.717) is 0 Å². The number of nitrogens with zero attached hydrogens (tertiary/aromatic N) is 1. The first-order valence-corrected chi connectivity index (χ1v) is 6.40. The minimum Gasteiger partial charge on any atom is -0.382 e. The summed E-state index contributed by atoms with van der Waals surface area (Å²) >= 11 is 0. The van der Waals surface area contributed by atoms with E-state index in [1.54, 1.807) is 10.8 Å². The molecule has 0 aliphatic carbocycles. The molecule has 0 aliphatic heterocycles. The highest BCUT2D eigenvalue weighted by atomic mass is 32.2. The number of hydrogen-bond donors (Lipinski definition) is 2. The number of nitrogens with one attached hydrogen (secondary N) is 1. The molecule has 5 nitrogen and oxygen atoms in total. The fraction of sp³-hybridized carbons (Fsp3) is 0.300. The van der Waals surface area contributed by atoms with Crippen LogP contribution in [0.5, 0.6) is 0 Å². The third-order valence-corrected chi connectivity index (χ3v) is 3.58. The molecule has 0 radical (unpaired) electrons. The van der Waals surface area contributed by atoms with Crippen LogP contribution in [0.2, 0.25) is 0 Å². The molecular weight excluding hydrogens is 285 g/mol. The average Bonchev–Trinajstić information content (AvgIpc) is 2.35. The number of sulfonamides is 1. The first kappa shape index (κ1) is 15.4. The van der Waals surface area contributed by atoms with Gasteiger partial charge in [-0.1, -0.05) is 0 Å². The van der Waals surface area contributed by atoms with Crippen molar-refractivity contribution >= 4 is 10.0 Å². The molecule has 0 saturated heterocycles. The molecule has 1 atom stereocenters. The van der Waals surface area contributed by atoms with Gasteiger partial charge in [0.05, 0.1) is 16.5 Å². The Morgan fingerprint density at radius 1 is 1.32 bits per heavy atom. The number of rotatable bonds is 4. The van der Waals surface area contributed by atoms with Crippen molar-refractivity contribution in [1.29, 1.82) is 5.26 Å². The van der Waals surface area contributed by atoms with Crippen LogP contribution in [-0.4, -0.2) is 32.3 Å². The molecule has 0 aromatic heterocycles. The van der Waals surface area contributed by atoms with E-state index >= 15 is 0 Å². The lowest BCUT2D eigenvalue weighted by Crippen LogP contribution is -2.40. The minimum absolute atomic E-state index is 0.217. The van der Waals surface area contributed by atoms with E-state index in [-0.39, 0.29) is 10.5 Å². The van der Waals surface area contributed by atoms with Crippen molar-refractivity contribution in [2.45, 2.75) is 17.2 Å². The Morgan fingerprint density at radius 3 is 2.26 bits per heavy atom. The van der Waals surface area contributed by atoms with Crippen molar-refractivity contribution in [1.82, 2.24) is 4.72 Å². The Labute approximate surface area is 107 Å². The highest BCUT2D eigenvalue weighted by Crippen LogP contribution is 2.20. The molecule has 9 heteroatoms. The summed E-state index contributed by atoms with van der Waals surface area (Å²) in [6.07, 6.45) is -7.67. The number of hydrogen-bond acceptors (Lipinski definition) is 4. The third-order valence-electron chi connectivity index (χ3n) is 2.14. The zero-order valence-electron chi connectivity index (χ0n) is 9.35. The molecule has 0 fully saturated rings. The van der Waals surface area contributed by atoms with Crippen molar-refractivity contribution in [2.75, 3.05) is 6.54 Å². The van der Waals surface area contributed by atoms with E-state index in [4.69, 9.17) is 10.4 Å². The predicted molar refractivity (Wildman–Crippen MR) is 58.4 cm³/mol. The van der Waals surface area contributed by atoms with Gasteiger partial charge in [-0.05, 0) is 24.3 Å². The summed E-state index contributed by atoms with van der Waals surface area (Å²) in [7, 11) is -4.16. The fourth-order valence-corrected chi connectivity index (χ4v) is 2.13. The number of benzene rings is 1. The second kappa shape index (κ2) is 5.56. The average molecular weight is 294 g/mol. The van der Waals surface area contributed by atoms with Crippen LogP contribution in [0.25, 0.3) is 0 Å². The lowest BCUT2D eigenvalue weighted by molar-refractivity contribution is -0.200. The zero-order valence-corrected chi connectivity index (χ0v) is 10.2. The molecule has 0 spiro atoms. The lowest BCUT2D eigenvalue weighted by Gasteiger charge is -2.15. The number of aliphatic hydroxyl groups excluding tert-OH is 1. The van der Waals surface area contributed by atoms with Crippen LogP contribution in [0.15, 0.2) is 29.2 Å². The predicted octanol–water partition coefficient (Wildman–Crippen LogP) is 0.760. The van der Waals surface area contributed by atoms with Gasteiger partial charge in [0.1, 0.15) is 0 Å². The molecule has 0 bridgehead atoms. The maximum Gasteiger partial charge on any atom is 0.415 e. The highest BCUT2D eigenvalue weighted by molar-refractivity contribution is 7.89. The molecule has 1 unspecified atom stereocenters. The van der Waals surface area contributed by atoms with Crippen molar-refractivity contribution < 1.29 is 26.7 Å². The molecular formula is C10H9F3N2O3S. The highest BCUT2D eigenvalue weighted by Gasteiger charge is 2.38. The normalized spacial score (nSPS) is 13.8. The molecule has 1 rings (SSSR count). The van der Waals surface area contributed by atoms with E-state index in [2.05, 4.69) is 0 Å². The first-order chi connectivity index (χ1) is 8.66.